The van der Waals surface area contributed by atoms with E-state index < -0.39 is 5.25 Å². The number of carbonyl (C=O) groups excluding carboxylic acids is 3. The smallest absolute Gasteiger partial charge is 0.247 e. The summed E-state index contributed by atoms with van der Waals surface area (Å²) in [5, 5.41) is 3.03. The van der Waals surface area contributed by atoms with Gasteiger partial charge in [-0.3, -0.25) is 14.4 Å². The molecule has 1 aliphatic rings. The molecule has 5 nitrogen and oxygen atoms in total. The van der Waals surface area contributed by atoms with Crippen molar-refractivity contribution in [2.24, 2.45) is 0 Å². The third-order valence-electron chi connectivity index (χ3n) is 5.62. The number of nitrogens with zero attached hydrogens (tertiary/aromatic N) is 1. The van der Waals surface area contributed by atoms with Gasteiger partial charge in [0.25, 0.3) is 0 Å². The van der Waals surface area contributed by atoms with E-state index in [1.807, 2.05) is 48.5 Å². The Balaban J connectivity index is 1.35. The second kappa shape index (κ2) is 10.5. The highest BCUT2D eigenvalue weighted by atomic mass is 35.5. The van der Waals surface area contributed by atoms with Crippen LogP contribution in [0.15, 0.2) is 77.7 Å². The van der Waals surface area contributed by atoms with Crippen LogP contribution in [0.3, 0.4) is 0 Å². The van der Waals surface area contributed by atoms with Crippen LogP contribution < -0.4 is 10.2 Å². The number of imide groups is 1. The molecule has 0 spiro atoms. The largest absolute Gasteiger partial charge is 0.326 e. The molecule has 0 radical (unpaired) electrons. The van der Waals surface area contributed by atoms with Crippen molar-refractivity contribution in [3.63, 3.8) is 0 Å². The Morgan fingerprint density at radius 1 is 1.00 bits per heavy atom. The van der Waals surface area contributed by atoms with Crippen LogP contribution in [-0.4, -0.2) is 23.0 Å². The zero-order valence-corrected chi connectivity index (χ0v) is 20.5. The van der Waals surface area contributed by atoms with Gasteiger partial charge in [-0.1, -0.05) is 49.7 Å². The molecule has 4 rings (SSSR count). The van der Waals surface area contributed by atoms with Crippen molar-refractivity contribution in [1.82, 2.24) is 0 Å². The first kappa shape index (κ1) is 24.0. The summed E-state index contributed by atoms with van der Waals surface area (Å²) in [6.07, 6.45) is 0.412. The Morgan fingerprint density at radius 3 is 2.26 bits per heavy atom. The van der Waals surface area contributed by atoms with E-state index in [4.69, 9.17) is 11.6 Å². The van der Waals surface area contributed by atoms with Gasteiger partial charge in [-0.25, -0.2) is 4.90 Å². The van der Waals surface area contributed by atoms with E-state index in [0.717, 1.165) is 16.0 Å². The highest BCUT2D eigenvalue weighted by molar-refractivity contribution is 8.00. The normalized spacial score (nSPS) is 15.8. The molecule has 1 heterocycles. The fraction of sp³-hybridized carbons (Fsp3) is 0.222. The molecule has 1 saturated heterocycles. The second-order valence-corrected chi connectivity index (χ2v) is 10.2. The predicted octanol–water partition coefficient (Wildman–Crippen LogP) is 6.07. The molecule has 0 bridgehead atoms. The van der Waals surface area contributed by atoms with E-state index in [-0.39, 0.29) is 30.6 Å². The van der Waals surface area contributed by atoms with Crippen LogP contribution in [0.4, 0.5) is 11.4 Å². The van der Waals surface area contributed by atoms with Gasteiger partial charge < -0.3 is 5.32 Å². The Labute approximate surface area is 208 Å². The van der Waals surface area contributed by atoms with Crippen LogP contribution in [0.1, 0.15) is 37.3 Å². The van der Waals surface area contributed by atoms with Crippen molar-refractivity contribution >= 4 is 52.5 Å². The number of nitrogens with one attached hydrogen (secondary N) is 1. The Kier molecular flexibility index (Phi) is 7.39. The van der Waals surface area contributed by atoms with Crippen molar-refractivity contribution in [2.75, 3.05) is 10.2 Å². The zero-order valence-electron chi connectivity index (χ0n) is 19.0. The molecule has 1 atom stereocenters. The van der Waals surface area contributed by atoms with Crippen molar-refractivity contribution in [3.05, 3.63) is 88.9 Å². The van der Waals surface area contributed by atoms with Gasteiger partial charge in [-0.05, 0) is 65.6 Å². The number of rotatable bonds is 7. The van der Waals surface area contributed by atoms with Crippen LogP contribution in [0, 0.1) is 0 Å². The highest BCUT2D eigenvalue weighted by Crippen LogP contribution is 2.34. The molecule has 1 unspecified atom stereocenters. The molecule has 3 aromatic rings. The van der Waals surface area contributed by atoms with E-state index in [0.29, 0.717) is 22.3 Å². The van der Waals surface area contributed by atoms with E-state index in [9.17, 15) is 14.4 Å². The maximum atomic E-state index is 13.0. The molecule has 3 amide bonds. The van der Waals surface area contributed by atoms with E-state index in [1.165, 1.54) is 16.7 Å². The Bertz CT molecular complexity index is 1190. The summed E-state index contributed by atoms with van der Waals surface area (Å²) >= 11 is 7.24. The van der Waals surface area contributed by atoms with Crippen LogP contribution >= 0.6 is 23.4 Å². The fourth-order valence-electron chi connectivity index (χ4n) is 3.75. The minimum atomic E-state index is -0.470. The van der Waals surface area contributed by atoms with Crippen molar-refractivity contribution in [3.8, 4) is 0 Å². The maximum absolute atomic E-state index is 13.0. The molecule has 1 fully saturated rings. The molecule has 1 aliphatic heterocycles. The number of hydrogen-bond donors (Lipinski definition) is 1. The Hall–Kier alpha value is -3.09. The molecule has 3 aromatic carbocycles. The maximum Gasteiger partial charge on any atom is 0.247 e. The standard InChI is InChI=1S/C27H25ClN2O3S/c1-17(2)19-5-11-22(12-6-19)30-26(32)16-24(27(30)33)34-23-13-9-21(10-14-23)29-25(31)15-18-3-7-20(28)8-4-18/h3-14,17,24H,15-16H2,1-2H3,(H,29,31). The molecule has 0 aliphatic carbocycles. The number of amides is 3. The number of benzene rings is 3. The summed E-state index contributed by atoms with van der Waals surface area (Å²) in [5.74, 6) is -0.135. The topological polar surface area (TPSA) is 66.5 Å². The lowest BCUT2D eigenvalue weighted by molar-refractivity contribution is -0.121. The van der Waals surface area contributed by atoms with Crippen LogP contribution in [0.2, 0.25) is 5.02 Å². The van der Waals surface area contributed by atoms with Gasteiger partial charge in [-0.2, -0.15) is 0 Å². The van der Waals surface area contributed by atoms with Crippen LogP contribution in [0.25, 0.3) is 0 Å². The van der Waals surface area contributed by atoms with Gasteiger partial charge in [-0.15, -0.1) is 11.8 Å². The molecular weight excluding hydrogens is 468 g/mol. The predicted molar refractivity (Wildman–Crippen MR) is 138 cm³/mol. The molecule has 1 N–H and O–H groups in total. The average Bonchev–Trinajstić information content (AvgIpc) is 3.09. The van der Waals surface area contributed by atoms with Crippen molar-refractivity contribution in [2.45, 2.75) is 42.8 Å². The fourth-order valence-corrected chi connectivity index (χ4v) is 4.93. The lowest BCUT2D eigenvalue weighted by Crippen LogP contribution is -2.31. The molecule has 7 heteroatoms. The lowest BCUT2D eigenvalue weighted by Gasteiger charge is -2.16. The highest BCUT2D eigenvalue weighted by Gasteiger charge is 2.40. The number of hydrogen-bond acceptors (Lipinski definition) is 4. The third kappa shape index (κ3) is 5.69. The van der Waals surface area contributed by atoms with Gasteiger partial charge in [0, 0.05) is 22.0 Å². The second-order valence-electron chi connectivity index (χ2n) is 8.50. The minimum Gasteiger partial charge on any atom is -0.326 e. The number of thioether (sulfide) groups is 1. The van der Waals surface area contributed by atoms with Crippen LogP contribution in [-0.2, 0) is 20.8 Å². The van der Waals surface area contributed by atoms with Gasteiger partial charge in [0.1, 0.15) is 0 Å². The quantitative estimate of drug-likeness (QED) is 0.406. The summed E-state index contributed by atoms with van der Waals surface area (Å²) in [7, 11) is 0. The van der Waals surface area contributed by atoms with Crippen LogP contribution in [0.5, 0.6) is 0 Å². The first-order valence-electron chi connectivity index (χ1n) is 11.1. The number of carbonyl (C=O) groups is 3. The monoisotopic (exact) mass is 492 g/mol. The van der Waals surface area contributed by atoms with Gasteiger partial charge in [0.2, 0.25) is 17.7 Å². The van der Waals surface area contributed by atoms with E-state index in [2.05, 4.69) is 19.2 Å². The van der Waals surface area contributed by atoms with Gasteiger partial charge >= 0.3 is 0 Å². The summed E-state index contributed by atoms with van der Waals surface area (Å²) in [6.45, 7) is 4.20. The van der Waals surface area contributed by atoms with E-state index >= 15 is 0 Å². The number of anilines is 2. The summed E-state index contributed by atoms with van der Waals surface area (Å²) in [5.41, 5.74) is 3.32. The molecule has 174 valence electrons. The third-order valence-corrected chi connectivity index (χ3v) is 7.07. The molecular formula is C27H25ClN2O3S. The lowest BCUT2D eigenvalue weighted by atomic mass is 10.0. The minimum absolute atomic E-state index is 0.126. The molecule has 0 saturated carbocycles. The van der Waals surface area contributed by atoms with E-state index in [1.54, 1.807) is 24.3 Å². The van der Waals surface area contributed by atoms with Crippen molar-refractivity contribution < 1.29 is 14.4 Å². The molecule has 0 aromatic heterocycles. The summed E-state index contributed by atoms with van der Waals surface area (Å²) in [4.78, 5) is 40.0. The van der Waals surface area contributed by atoms with Gasteiger partial charge in [0.15, 0.2) is 0 Å². The first-order chi connectivity index (χ1) is 16.3. The van der Waals surface area contributed by atoms with Crippen molar-refractivity contribution in [1.29, 1.82) is 0 Å². The first-order valence-corrected chi connectivity index (χ1v) is 12.3. The SMILES string of the molecule is CC(C)c1ccc(N2C(=O)CC(Sc3ccc(NC(=O)Cc4ccc(Cl)cc4)cc3)C2=O)cc1. The molecule has 34 heavy (non-hydrogen) atoms. The summed E-state index contributed by atoms with van der Waals surface area (Å²) in [6, 6.07) is 22.0. The Morgan fingerprint density at radius 2 is 1.65 bits per heavy atom. The van der Waals surface area contributed by atoms with Gasteiger partial charge in [0.05, 0.1) is 17.4 Å². The number of halogens is 1. The average molecular weight is 493 g/mol. The zero-order chi connectivity index (χ0) is 24.2. The summed E-state index contributed by atoms with van der Waals surface area (Å²) < 4.78 is 0.